The monoisotopic (exact) mass is 382 g/mol. The summed E-state index contributed by atoms with van der Waals surface area (Å²) in [7, 11) is 2.18. The molecule has 2 aliphatic heterocycles. The molecule has 0 unspecified atom stereocenters. The molecule has 150 valence electrons. The number of nitrogens with zero attached hydrogens (tertiary/aromatic N) is 3. The predicted octanol–water partition coefficient (Wildman–Crippen LogP) is 3.06. The molecule has 3 rings (SSSR count). The first-order chi connectivity index (χ1) is 13.6. The number of likely N-dealkylation sites (N-methyl/N-ethyl adjacent to an activating group) is 1. The Bertz CT molecular complexity index is 806. The Morgan fingerprint density at radius 2 is 2.21 bits per heavy atom. The fourth-order valence-electron chi connectivity index (χ4n) is 3.70. The molecule has 1 aromatic rings. The van der Waals surface area contributed by atoms with Crippen molar-refractivity contribution in [1.82, 2.24) is 15.3 Å². The van der Waals surface area contributed by atoms with E-state index in [0.29, 0.717) is 12.6 Å². The van der Waals surface area contributed by atoms with Crippen LogP contribution in [-0.4, -0.2) is 55.8 Å². The zero-order valence-corrected chi connectivity index (χ0v) is 17.3. The summed E-state index contributed by atoms with van der Waals surface area (Å²) >= 11 is 0. The van der Waals surface area contributed by atoms with Gasteiger partial charge in [-0.2, -0.15) is 0 Å². The minimum Gasteiger partial charge on any atom is -0.467 e. The van der Waals surface area contributed by atoms with E-state index in [4.69, 9.17) is 9.47 Å². The second-order valence-corrected chi connectivity index (χ2v) is 7.09. The maximum absolute atomic E-state index is 5.98. The van der Waals surface area contributed by atoms with Crippen LogP contribution in [-0.2, 0) is 4.74 Å². The lowest BCUT2D eigenvalue weighted by molar-refractivity contribution is 0.0220. The fourth-order valence-corrected chi connectivity index (χ4v) is 3.70. The third-order valence-electron chi connectivity index (χ3n) is 5.01. The average molecular weight is 383 g/mol. The molecule has 1 atom stereocenters. The van der Waals surface area contributed by atoms with Crippen LogP contribution in [0.1, 0.15) is 44.7 Å². The van der Waals surface area contributed by atoms with Gasteiger partial charge in [0.2, 0.25) is 0 Å². The van der Waals surface area contributed by atoms with E-state index in [0.717, 1.165) is 47.8 Å². The molecule has 1 fully saturated rings. The maximum atomic E-state index is 5.98. The van der Waals surface area contributed by atoms with Gasteiger partial charge in [0.1, 0.15) is 12.1 Å². The van der Waals surface area contributed by atoms with Crippen molar-refractivity contribution in [1.29, 1.82) is 0 Å². The molecule has 0 aliphatic carbocycles. The van der Waals surface area contributed by atoms with E-state index in [1.165, 1.54) is 6.42 Å². The number of hydrazine groups is 1. The van der Waals surface area contributed by atoms with Crippen LogP contribution in [0, 0.1) is 11.8 Å². The van der Waals surface area contributed by atoms with Crippen molar-refractivity contribution in [3.05, 3.63) is 35.0 Å². The largest absolute Gasteiger partial charge is 0.467 e. The van der Waals surface area contributed by atoms with Crippen molar-refractivity contribution in [3.8, 4) is 17.6 Å². The molecule has 0 bridgehead atoms. The molecule has 2 heterocycles. The molecule has 1 aromatic carbocycles. The molecular formula is C22H30N4O2. The molecule has 0 radical (unpaired) electrons. The molecule has 6 heteroatoms. The quantitative estimate of drug-likeness (QED) is 0.466. The number of allylic oxidation sites excluding steroid dienone is 1. The Morgan fingerprint density at radius 1 is 1.36 bits per heavy atom. The van der Waals surface area contributed by atoms with Crippen molar-refractivity contribution in [2.24, 2.45) is 4.99 Å². The number of likely N-dealkylation sites (tertiary alicyclic amines) is 1. The maximum Gasteiger partial charge on any atom is 0.189 e. The van der Waals surface area contributed by atoms with E-state index in [1.807, 2.05) is 32.9 Å². The van der Waals surface area contributed by atoms with Crippen molar-refractivity contribution in [3.63, 3.8) is 0 Å². The van der Waals surface area contributed by atoms with Gasteiger partial charge in [-0.1, -0.05) is 5.92 Å². The second-order valence-electron chi connectivity index (χ2n) is 7.09. The number of piperidine rings is 1. The summed E-state index contributed by atoms with van der Waals surface area (Å²) in [6.45, 7) is 8.80. The van der Waals surface area contributed by atoms with Crippen LogP contribution in [0.5, 0.6) is 5.75 Å². The van der Waals surface area contributed by atoms with Gasteiger partial charge in [-0.05, 0) is 65.4 Å². The Morgan fingerprint density at radius 3 is 2.96 bits per heavy atom. The van der Waals surface area contributed by atoms with Crippen LogP contribution in [0.4, 0.5) is 0 Å². The third kappa shape index (κ3) is 4.67. The van der Waals surface area contributed by atoms with Crippen molar-refractivity contribution in [2.75, 3.05) is 33.5 Å². The number of benzene rings is 1. The molecular weight excluding hydrogens is 352 g/mol. The fraction of sp³-hybridized carbons (Fsp3) is 0.500. The lowest BCUT2D eigenvalue weighted by atomic mass is 10.0. The minimum absolute atomic E-state index is 0.210. The molecule has 1 N–H and O–H groups in total. The smallest absolute Gasteiger partial charge is 0.189 e. The molecule has 1 saturated heterocycles. The zero-order chi connectivity index (χ0) is 19.9. The number of hydrogen-bond donors (Lipinski definition) is 1. The molecule has 0 aromatic heterocycles. The summed E-state index contributed by atoms with van der Waals surface area (Å²) in [5.74, 6) is 6.82. The predicted molar refractivity (Wildman–Crippen MR) is 113 cm³/mol. The van der Waals surface area contributed by atoms with Gasteiger partial charge in [0.25, 0.3) is 0 Å². The molecule has 0 saturated carbocycles. The van der Waals surface area contributed by atoms with Gasteiger partial charge in [0.15, 0.2) is 6.79 Å². The highest BCUT2D eigenvalue weighted by atomic mass is 16.7. The van der Waals surface area contributed by atoms with Crippen LogP contribution in [0.15, 0.2) is 28.9 Å². The molecule has 0 spiro atoms. The highest BCUT2D eigenvalue weighted by molar-refractivity contribution is 5.77. The van der Waals surface area contributed by atoms with E-state index in [9.17, 15) is 0 Å². The Balaban J connectivity index is 1.99. The first kappa shape index (κ1) is 20.2. The van der Waals surface area contributed by atoms with Crippen molar-refractivity contribution in [2.45, 2.75) is 39.7 Å². The van der Waals surface area contributed by atoms with Crippen molar-refractivity contribution >= 4 is 12.0 Å². The van der Waals surface area contributed by atoms with Crippen LogP contribution < -0.4 is 10.2 Å². The SMILES string of the molecule is CC#Cc1ccc(C2=C(C)N=CNN2[C@@H]2CCCN(C)C2)c(OCOCC)c1. The summed E-state index contributed by atoms with van der Waals surface area (Å²) in [6, 6.07) is 6.45. The zero-order valence-electron chi connectivity index (χ0n) is 17.3. The minimum atomic E-state index is 0.210. The first-order valence-corrected chi connectivity index (χ1v) is 9.89. The van der Waals surface area contributed by atoms with Gasteiger partial charge < -0.3 is 14.4 Å². The van der Waals surface area contributed by atoms with Crippen LogP contribution in [0.25, 0.3) is 5.70 Å². The summed E-state index contributed by atoms with van der Waals surface area (Å²) in [5.41, 5.74) is 7.29. The van der Waals surface area contributed by atoms with E-state index in [1.54, 1.807) is 6.34 Å². The Hall–Kier alpha value is -2.49. The molecule has 6 nitrogen and oxygen atoms in total. The van der Waals surface area contributed by atoms with Crippen molar-refractivity contribution < 1.29 is 9.47 Å². The lowest BCUT2D eigenvalue weighted by Crippen LogP contribution is -2.52. The first-order valence-electron chi connectivity index (χ1n) is 9.89. The molecule has 0 amide bonds. The van der Waals surface area contributed by atoms with Gasteiger partial charge in [0.05, 0.1) is 17.4 Å². The van der Waals surface area contributed by atoms with Gasteiger partial charge in [-0.15, -0.1) is 5.92 Å². The number of ether oxygens (including phenoxy) is 2. The average Bonchev–Trinajstić information content (AvgIpc) is 2.69. The number of hydrogen-bond acceptors (Lipinski definition) is 6. The van der Waals surface area contributed by atoms with E-state index in [2.05, 4.69) is 45.3 Å². The van der Waals surface area contributed by atoms with Crippen LogP contribution in [0.3, 0.4) is 0 Å². The highest BCUT2D eigenvalue weighted by Crippen LogP contribution is 2.35. The second kappa shape index (κ2) is 9.63. The molecule has 28 heavy (non-hydrogen) atoms. The lowest BCUT2D eigenvalue weighted by Gasteiger charge is -2.41. The van der Waals surface area contributed by atoms with E-state index in [-0.39, 0.29) is 6.79 Å². The molecule has 2 aliphatic rings. The number of aliphatic imine (C=N–C) groups is 1. The number of nitrogens with one attached hydrogen (secondary N) is 1. The topological polar surface area (TPSA) is 49.3 Å². The highest BCUT2D eigenvalue weighted by Gasteiger charge is 2.30. The van der Waals surface area contributed by atoms with E-state index < -0.39 is 0 Å². The number of rotatable bonds is 6. The summed E-state index contributed by atoms with van der Waals surface area (Å²) in [5, 5.41) is 2.24. The third-order valence-corrected chi connectivity index (χ3v) is 5.01. The van der Waals surface area contributed by atoms with Gasteiger partial charge in [0, 0.05) is 24.3 Å². The van der Waals surface area contributed by atoms with Gasteiger partial charge in [-0.25, -0.2) is 4.99 Å². The standard InChI is InChI=1S/C22H30N4O2/c1-5-8-18-10-11-20(21(13-18)28-16-27-6-2)22-17(3)23-15-24-26(22)19-9-7-12-25(4)14-19/h10-11,13,15,19H,6-7,9,12,14,16H2,1-4H3,(H,23,24)/t19-/m1/s1. The Kier molecular flexibility index (Phi) is 6.96. The van der Waals surface area contributed by atoms with Crippen LogP contribution in [0.2, 0.25) is 0 Å². The van der Waals surface area contributed by atoms with Crippen LogP contribution >= 0.6 is 0 Å². The summed E-state index contributed by atoms with van der Waals surface area (Å²) in [4.78, 5) is 6.90. The normalized spacial score (nSPS) is 19.9. The Labute approximate surface area is 168 Å². The van der Waals surface area contributed by atoms with Gasteiger partial charge >= 0.3 is 0 Å². The summed E-state index contributed by atoms with van der Waals surface area (Å²) < 4.78 is 11.4. The summed E-state index contributed by atoms with van der Waals surface area (Å²) in [6.07, 6.45) is 4.09. The van der Waals surface area contributed by atoms with E-state index >= 15 is 0 Å². The van der Waals surface area contributed by atoms with Gasteiger partial charge in [-0.3, -0.25) is 10.4 Å².